The third-order valence-electron chi connectivity index (χ3n) is 3.44. The zero-order valence-corrected chi connectivity index (χ0v) is 15.4. The number of benzene rings is 1. The number of hydrogen-bond acceptors (Lipinski definition) is 6. The van der Waals surface area contributed by atoms with Gasteiger partial charge in [0, 0.05) is 0 Å². The van der Waals surface area contributed by atoms with Gasteiger partial charge in [0.15, 0.2) is 0 Å². The van der Waals surface area contributed by atoms with Gasteiger partial charge in [0.25, 0.3) is 0 Å². The molecule has 134 valence electrons. The first-order chi connectivity index (χ1) is 11.9. The normalized spacial score (nSPS) is 15.6. The molecule has 2 rings (SSSR count). The van der Waals surface area contributed by atoms with Crippen molar-refractivity contribution in [3.8, 4) is 0 Å². The van der Waals surface area contributed by atoms with Crippen LogP contribution in [0.3, 0.4) is 0 Å². The average Bonchev–Trinajstić information content (AvgIpc) is 2.87. The van der Waals surface area contributed by atoms with Crippen molar-refractivity contribution in [3.05, 3.63) is 46.0 Å². The van der Waals surface area contributed by atoms with Gasteiger partial charge in [-0.15, -0.1) is 0 Å². The molecule has 6 nitrogen and oxygen atoms in total. The second-order valence-electron chi connectivity index (χ2n) is 5.58. The Hall–Kier alpha value is -2.28. The lowest BCUT2D eigenvalue weighted by molar-refractivity contribution is -0.137. The number of aryl methyl sites for hydroxylation is 2. The summed E-state index contributed by atoms with van der Waals surface area (Å²) in [5.74, 6) is -0.780. The summed E-state index contributed by atoms with van der Waals surface area (Å²) in [7, 11) is 0. The Morgan fingerprint density at radius 3 is 2.52 bits per heavy atom. The van der Waals surface area contributed by atoms with Gasteiger partial charge >= 0.3 is 11.9 Å². The van der Waals surface area contributed by atoms with Gasteiger partial charge in [0.2, 0.25) is 5.91 Å². The van der Waals surface area contributed by atoms with Crippen LogP contribution >= 0.6 is 11.8 Å². The van der Waals surface area contributed by atoms with Crippen molar-refractivity contribution in [3.63, 3.8) is 0 Å². The van der Waals surface area contributed by atoms with E-state index in [0.29, 0.717) is 10.6 Å². The average molecular weight is 363 g/mol. The van der Waals surface area contributed by atoms with Crippen LogP contribution in [0, 0.1) is 13.8 Å². The number of rotatable bonds is 6. The molecule has 1 saturated heterocycles. The molecule has 1 aromatic rings. The summed E-state index contributed by atoms with van der Waals surface area (Å²) in [4.78, 5) is 37.0. The highest BCUT2D eigenvalue weighted by Crippen LogP contribution is 2.28. The summed E-state index contributed by atoms with van der Waals surface area (Å²) < 4.78 is 10.1. The quantitative estimate of drug-likeness (QED) is 0.571. The molecule has 1 fully saturated rings. The van der Waals surface area contributed by atoms with Gasteiger partial charge < -0.3 is 14.4 Å². The minimum atomic E-state index is -0.489. The number of ether oxygens (including phenoxy) is 2. The zero-order chi connectivity index (χ0) is 18.4. The van der Waals surface area contributed by atoms with Crippen LogP contribution < -0.4 is 0 Å². The van der Waals surface area contributed by atoms with E-state index in [1.54, 1.807) is 19.1 Å². The number of carbonyl (C=O) groups is 3. The second kappa shape index (κ2) is 8.71. The topological polar surface area (TPSA) is 72.9 Å². The van der Waals surface area contributed by atoms with Crippen molar-refractivity contribution in [2.45, 2.75) is 20.8 Å². The summed E-state index contributed by atoms with van der Waals surface area (Å²) in [6.45, 7) is 6.07. The minimum absolute atomic E-state index is 0.0539. The molecular formula is C18H21NO5S. The predicted octanol–water partition coefficient (Wildman–Crippen LogP) is 2.44. The lowest BCUT2D eigenvalue weighted by Gasteiger charge is -2.17. The van der Waals surface area contributed by atoms with Crippen LogP contribution in [0.15, 0.2) is 29.3 Å². The summed E-state index contributed by atoms with van der Waals surface area (Å²) >= 11 is 1.27. The fourth-order valence-corrected chi connectivity index (χ4v) is 3.41. The highest BCUT2D eigenvalue weighted by molar-refractivity contribution is 8.04. The van der Waals surface area contributed by atoms with E-state index in [2.05, 4.69) is 0 Å². The molecule has 0 atom stereocenters. The van der Waals surface area contributed by atoms with Crippen LogP contribution in [0.4, 0.5) is 0 Å². The van der Waals surface area contributed by atoms with Crippen LogP contribution in [-0.4, -0.2) is 48.3 Å². The molecule has 1 aromatic carbocycles. The Bertz CT molecular complexity index is 693. The summed E-state index contributed by atoms with van der Waals surface area (Å²) in [5.41, 5.74) is 2.46. The van der Waals surface area contributed by atoms with E-state index in [0.717, 1.165) is 11.1 Å². The van der Waals surface area contributed by atoms with Crippen molar-refractivity contribution >= 4 is 29.6 Å². The van der Waals surface area contributed by atoms with Crippen LogP contribution in [0.1, 0.15) is 28.4 Å². The first-order valence-electron chi connectivity index (χ1n) is 7.97. The number of nitrogens with zero attached hydrogens (tertiary/aromatic N) is 1. The Morgan fingerprint density at radius 2 is 1.88 bits per heavy atom. The lowest BCUT2D eigenvalue weighted by atomic mass is 10.1. The lowest BCUT2D eigenvalue weighted by Crippen LogP contribution is -2.29. The molecule has 0 bridgehead atoms. The van der Waals surface area contributed by atoms with Gasteiger partial charge in [-0.1, -0.05) is 29.0 Å². The van der Waals surface area contributed by atoms with E-state index in [9.17, 15) is 14.4 Å². The highest BCUT2D eigenvalue weighted by Gasteiger charge is 2.27. The number of carbonyl (C=O) groups excluding carboxylic acids is 3. The number of esters is 2. The predicted molar refractivity (Wildman–Crippen MR) is 95.1 cm³/mol. The molecule has 0 saturated carbocycles. The second-order valence-corrected chi connectivity index (χ2v) is 6.58. The third-order valence-corrected chi connectivity index (χ3v) is 4.47. The standard InChI is InChI=1S/C18H21NO5S/c1-4-23-17(21)10-16-19(15(20)11-25-16)5-6-24-18(22)14-8-12(2)7-13(3)9-14/h7-10H,4-6,11H2,1-3H3/b16-10-. The van der Waals surface area contributed by atoms with Crippen molar-refractivity contribution in [1.82, 2.24) is 4.90 Å². The number of amides is 1. The van der Waals surface area contributed by atoms with E-state index >= 15 is 0 Å². The van der Waals surface area contributed by atoms with E-state index in [-0.39, 0.29) is 31.4 Å². The van der Waals surface area contributed by atoms with Gasteiger partial charge in [-0.2, -0.15) is 0 Å². The Balaban J connectivity index is 1.93. The molecule has 0 N–H and O–H groups in total. The molecule has 1 aliphatic heterocycles. The molecule has 0 aromatic heterocycles. The summed E-state index contributed by atoms with van der Waals surface area (Å²) in [6.07, 6.45) is 1.30. The Labute approximate surface area is 151 Å². The Kier molecular flexibility index (Phi) is 6.64. The van der Waals surface area contributed by atoms with E-state index in [4.69, 9.17) is 9.47 Å². The van der Waals surface area contributed by atoms with Crippen LogP contribution in [-0.2, 0) is 19.1 Å². The fourth-order valence-electron chi connectivity index (χ4n) is 2.46. The van der Waals surface area contributed by atoms with Crippen molar-refractivity contribution in [2.75, 3.05) is 25.5 Å². The molecule has 0 radical (unpaired) electrons. The minimum Gasteiger partial charge on any atom is -0.463 e. The van der Waals surface area contributed by atoms with Crippen molar-refractivity contribution in [1.29, 1.82) is 0 Å². The third kappa shape index (κ3) is 5.35. The maximum Gasteiger partial charge on any atom is 0.338 e. The molecular weight excluding hydrogens is 342 g/mol. The zero-order valence-electron chi connectivity index (χ0n) is 14.5. The van der Waals surface area contributed by atoms with Gasteiger partial charge in [0.05, 0.1) is 35.6 Å². The van der Waals surface area contributed by atoms with Gasteiger partial charge in [0.1, 0.15) is 6.61 Å². The first kappa shape index (κ1) is 19.1. The van der Waals surface area contributed by atoms with Gasteiger partial charge in [-0.05, 0) is 32.9 Å². The first-order valence-corrected chi connectivity index (χ1v) is 8.96. The molecule has 1 aliphatic rings. The monoisotopic (exact) mass is 363 g/mol. The van der Waals surface area contributed by atoms with E-state index < -0.39 is 11.9 Å². The largest absolute Gasteiger partial charge is 0.463 e. The maximum atomic E-state index is 12.1. The summed E-state index contributed by atoms with van der Waals surface area (Å²) in [6, 6.07) is 5.50. The maximum absolute atomic E-state index is 12.1. The van der Waals surface area contributed by atoms with Crippen LogP contribution in [0.25, 0.3) is 0 Å². The number of hydrogen-bond donors (Lipinski definition) is 0. The molecule has 0 aliphatic carbocycles. The van der Waals surface area contributed by atoms with Crippen molar-refractivity contribution in [2.24, 2.45) is 0 Å². The smallest absolute Gasteiger partial charge is 0.338 e. The van der Waals surface area contributed by atoms with Gasteiger partial charge in [-0.25, -0.2) is 9.59 Å². The molecule has 7 heteroatoms. The van der Waals surface area contributed by atoms with Gasteiger partial charge in [-0.3, -0.25) is 4.79 Å². The fraction of sp³-hybridized carbons (Fsp3) is 0.389. The summed E-state index contributed by atoms with van der Waals surface area (Å²) in [5, 5.41) is 0.519. The SMILES string of the molecule is CCOC(=O)/C=C1\SCC(=O)N1CCOC(=O)c1cc(C)cc(C)c1. The number of thioether (sulfide) groups is 1. The van der Waals surface area contributed by atoms with E-state index in [1.165, 1.54) is 22.7 Å². The molecule has 1 amide bonds. The van der Waals surface area contributed by atoms with E-state index in [1.807, 2.05) is 19.9 Å². The van der Waals surface area contributed by atoms with Crippen molar-refractivity contribution < 1.29 is 23.9 Å². The Morgan fingerprint density at radius 1 is 1.20 bits per heavy atom. The molecule has 0 unspecified atom stereocenters. The van der Waals surface area contributed by atoms with Crippen LogP contribution in [0.5, 0.6) is 0 Å². The highest BCUT2D eigenvalue weighted by atomic mass is 32.2. The molecule has 0 spiro atoms. The molecule has 1 heterocycles. The molecule has 25 heavy (non-hydrogen) atoms. The van der Waals surface area contributed by atoms with Crippen LogP contribution in [0.2, 0.25) is 0 Å².